The summed E-state index contributed by atoms with van der Waals surface area (Å²) >= 11 is 0. The molecule has 1 atom stereocenters. The van der Waals surface area contributed by atoms with E-state index in [1.807, 2.05) is 42.5 Å². The van der Waals surface area contributed by atoms with Gasteiger partial charge >= 0.3 is 11.6 Å². The van der Waals surface area contributed by atoms with Gasteiger partial charge in [-0.15, -0.1) is 0 Å². The van der Waals surface area contributed by atoms with Crippen molar-refractivity contribution in [3.63, 3.8) is 0 Å². The topological polar surface area (TPSA) is 106 Å². The largest absolute Gasteiger partial charge is 0.481 e. The van der Waals surface area contributed by atoms with Gasteiger partial charge in [0.1, 0.15) is 5.58 Å². The Kier molecular flexibility index (Phi) is 4.81. The number of carboxylic acid groups (broad SMARTS) is 1. The molecule has 1 unspecified atom stereocenters. The highest BCUT2D eigenvalue weighted by Gasteiger charge is 2.22. The predicted octanol–water partition coefficient (Wildman–Crippen LogP) is 2.88. The van der Waals surface area contributed by atoms with Gasteiger partial charge in [0.15, 0.2) is 0 Å². The monoisotopic (exact) mass is 338 g/mol. The Balaban J connectivity index is 2.08. The van der Waals surface area contributed by atoms with Crippen LogP contribution < -0.4 is 16.7 Å². The zero-order valence-electron chi connectivity index (χ0n) is 13.4. The Hall–Kier alpha value is -3.12. The average molecular weight is 338 g/mol. The summed E-state index contributed by atoms with van der Waals surface area (Å²) < 4.78 is 5.32. The van der Waals surface area contributed by atoms with Crippen molar-refractivity contribution in [2.45, 2.75) is 19.0 Å². The minimum atomic E-state index is -1.07. The molecule has 0 amide bonds. The van der Waals surface area contributed by atoms with Crippen LogP contribution in [0.25, 0.3) is 11.0 Å². The van der Waals surface area contributed by atoms with Crippen LogP contribution in [0.2, 0.25) is 0 Å². The number of carboxylic acids is 1. The van der Waals surface area contributed by atoms with Crippen molar-refractivity contribution < 1.29 is 14.3 Å². The first-order valence-electron chi connectivity index (χ1n) is 7.87. The third kappa shape index (κ3) is 3.70. The fraction of sp³-hybridized carbons (Fsp3) is 0.158. The van der Waals surface area contributed by atoms with Crippen molar-refractivity contribution in [2.24, 2.45) is 5.73 Å². The van der Waals surface area contributed by atoms with Gasteiger partial charge in [0, 0.05) is 18.0 Å². The molecule has 0 fully saturated rings. The smallest absolute Gasteiger partial charge is 0.343 e. The highest BCUT2D eigenvalue weighted by Crippen LogP contribution is 2.29. The van der Waals surface area contributed by atoms with E-state index in [4.69, 9.17) is 15.3 Å². The molecule has 0 bridgehead atoms. The van der Waals surface area contributed by atoms with Crippen molar-refractivity contribution >= 4 is 22.6 Å². The summed E-state index contributed by atoms with van der Waals surface area (Å²) in [6.45, 7) is 0.473. The van der Waals surface area contributed by atoms with Crippen molar-refractivity contribution in [1.82, 2.24) is 0 Å². The molecule has 0 aliphatic heterocycles. The molecule has 4 N–H and O–H groups in total. The highest BCUT2D eigenvalue weighted by atomic mass is 16.4. The fourth-order valence-corrected chi connectivity index (χ4v) is 2.77. The van der Waals surface area contributed by atoms with Gasteiger partial charge < -0.3 is 20.6 Å². The summed E-state index contributed by atoms with van der Waals surface area (Å²) in [4.78, 5) is 23.4. The number of aliphatic carboxylic acids is 1. The quantitative estimate of drug-likeness (QED) is 0.597. The summed E-state index contributed by atoms with van der Waals surface area (Å²) in [6, 6.07) is 15.8. The Morgan fingerprint density at radius 3 is 2.52 bits per heavy atom. The van der Waals surface area contributed by atoms with E-state index in [2.05, 4.69) is 5.32 Å². The molecular weight excluding hydrogens is 320 g/mol. The number of fused-ring (bicyclic) bond motifs is 1. The van der Waals surface area contributed by atoms with E-state index >= 15 is 0 Å². The van der Waals surface area contributed by atoms with Crippen LogP contribution in [0.5, 0.6) is 0 Å². The van der Waals surface area contributed by atoms with Crippen molar-refractivity contribution in [2.75, 3.05) is 5.32 Å². The summed E-state index contributed by atoms with van der Waals surface area (Å²) in [5.74, 6) is -1.07. The normalized spacial score (nSPS) is 12.0. The molecule has 0 saturated heterocycles. The SMILES string of the molecule is NC(CC(=O)O)c1c(NCc2ccccc2)c2ccccc2oc1=O. The maximum atomic E-state index is 12.4. The van der Waals surface area contributed by atoms with E-state index in [0.29, 0.717) is 23.2 Å². The fourth-order valence-electron chi connectivity index (χ4n) is 2.77. The van der Waals surface area contributed by atoms with Gasteiger partial charge in [0.25, 0.3) is 0 Å². The first-order chi connectivity index (χ1) is 12.1. The lowest BCUT2D eigenvalue weighted by Gasteiger charge is -2.17. The van der Waals surface area contributed by atoms with Gasteiger partial charge in [0.2, 0.25) is 0 Å². The van der Waals surface area contributed by atoms with Crippen LogP contribution >= 0.6 is 0 Å². The zero-order chi connectivity index (χ0) is 17.8. The van der Waals surface area contributed by atoms with Crippen LogP contribution in [0.3, 0.4) is 0 Å². The highest BCUT2D eigenvalue weighted by molar-refractivity contribution is 5.91. The number of carbonyl (C=O) groups is 1. The molecule has 3 aromatic rings. The third-order valence-corrected chi connectivity index (χ3v) is 3.93. The number of anilines is 1. The first-order valence-corrected chi connectivity index (χ1v) is 7.87. The van der Waals surface area contributed by atoms with Crippen molar-refractivity contribution in [3.05, 3.63) is 76.1 Å². The molecule has 6 heteroatoms. The first kappa shape index (κ1) is 16.7. The average Bonchev–Trinajstić information content (AvgIpc) is 2.59. The number of nitrogens with two attached hydrogens (primary N) is 1. The second-order valence-electron chi connectivity index (χ2n) is 5.72. The van der Waals surface area contributed by atoms with Gasteiger partial charge in [-0.1, -0.05) is 42.5 Å². The lowest BCUT2D eigenvalue weighted by Crippen LogP contribution is -2.24. The molecule has 1 heterocycles. The van der Waals surface area contributed by atoms with Crippen LogP contribution in [0.1, 0.15) is 23.6 Å². The van der Waals surface area contributed by atoms with E-state index < -0.39 is 17.6 Å². The molecule has 0 aliphatic carbocycles. The Bertz CT molecular complexity index is 951. The van der Waals surface area contributed by atoms with Crippen LogP contribution in [0, 0.1) is 0 Å². The van der Waals surface area contributed by atoms with E-state index in [1.54, 1.807) is 12.1 Å². The summed E-state index contributed by atoms with van der Waals surface area (Å²) in [5, 5.41) is 12.9. The number of hydrogen-bond acceptors (Lipinski definition) is 5. The molecular formula is C19H18N2O4. The summed E-state index contributed by atoms with van der Waals surface area (Å²) in [6.07, 6.45) is -0.358. The second-order valence-corrected chi connectivity index (χ2v) is 5.72. The third-order valence-electron chi connectivity index (χ3n) is 3.93. The van der Waals surface area contributed by atoms with E-state index in [0.717, 1.165) is 5.56 Å². The Morgan fingerprint density at radius 2 is 1.80 bits per heavy atom. The molecule has 0 saturated carbocycles. The van der Waals surface area contributed by atoms with Crippen LogP contribution in [0.15, 0.2) is 63.8 Å². The summed E-state index contributed by atoms with van der Waals surface area (Å²) in [7, 11) is 0. The van der Waals surface area contributed by atoms with Crippen LogP contribution in [0.4, 0.5) is 5.69 Å². The lowest BCUT2D eigenvalue weighted by atomic mass is 10.0. The number of rotatable bonds is 6. The number of nitrogens with one attached hydrogen (secondary N) is 1. The van der Waals surface area contributed by atoms with Gasteiger partial charge in [-0.25, -0.2) is 4.79 Å². The molecule has 6 nitrogen and oxygen atoms in total. The maximum Gasteiger partial charge on any atom is 0.343 e. The zero-order valence-corrected chi connectivity index (χ0v) is 13.4. The van der Waals surface area contributed by atoms with Crippen LogP contribution in [-0.4, -0.2) is 11.1 Å². The van der Waals surface area contributed by atoms with Crippen molar-refractivity contribution in [1.29, 1.82) is 0 Å². The Labute approximate surface area is 143 Å². The lowest BCUT2D eigenvalue weighted by molar-refractivity contribution is -0.137. The van der Waals surface area contributed by atoms with Gasteiger partial charge in [0.05, 0.1) is 17.7 Å². The molecule has 25 heavy (non-hydrogen) atoms. The molecule has 2 aromatic carbocycles. The maximum absolute atomic E-state index is 12.4. The predicted molar refractivity (Wildman–Crippen MR) is 95.4 cm³/mol. The molecule has 0 aliphatic rings. The number of para-hydroxylation sites is 1. The van der Waals surface area contributed by atoms with Crippen LogP contribution in [-0.2, 0) is 11.3 Å². The van der Waals surface area contributed by atoms with Gasteiger partial charge in [-0.2, -0.15) is 0 Å². The number of hydrogen-bond donors (Lipinski definition) is 3. The van der Waals surface area contributed by atoms with Crippen molar-refractivity contribution in [3.8, 4) is 0 Å². The standard InChI is InChI=1S/C19H18N2O4/c20-14(10-16(22)23)17-18(21-11-12-6-2-1-3-7-12)13-8-4-5-9-15(13)25-19(17)24/h1-9,14,21H,10-11,20H2,(H,22,23). The minimum Gasteiger partial charge on any atom is -0.481 e. The Morgan fingerprint density at radius 1 is 1.12 bits per heavy atom. The molecule has 1 aromatic heterocycles. The molecule has 0 spiro atoms. The van der Waals surface area contributed by atoms with E-state index in [9.17, 15) is 9.59 Å². The molecule has 0 radical (unpaired) electrons. The van der Waals surface area contributed by atoms with Gasteiger partial charge in [-0.3, -0.25) is 4.79 Å². The molecule has 128 valence electrons. The minimum absolute atomic E-state index is 0.150. The number of benzene rings is 2. The van der Waals surface area contributed by atoms with Gasteiger partial charge in [-0.05, 0) is 17.7 Å². The summed E-state index contributed by atoms with van der Waals surface area (Å²) in [5.41, 5.74) is 7.47. The van der Waals surface area contributed by atoms with E-state index in [-0.39, 0.29) is 12.0 Å². The van der Waals surface area contributed by atoms with E-state index in [1.165, 1.54) is 0 Å². The second kappa shape index (κ2) is 7.19. The molecule has 3 rings (SSSR count).